The molecule has 0 atom stereocenters. The largest absolute Gasteiger partial charge is 0.290 e. The summed E-state index contributed by atoms with van der Waals surface area (Å²) in [5.74, 6) is 0. The van der Waals surface area contributed by atoms with E-state index in [0.29, 0.717) is 5.39 Å². The Balaban J connectivity index is 2.08. The molecule has 4 rings (SSSR count). The number of pyridine rings is 1. The van der Waals surface area contributed by atoms with Crippen LogP contribution in [0.4, 0.5) is 0 Å². The highest BCUT2D eigenvalue weighted by atomic mass is 16.1. The molecule has 4 aromatic rings. The molecule has 2 heterocycles. The van der Waals surface area contributed by atoms with Crippen molar-refractivity contribution >= 4 is 21.8 Å². The van der Waals surface area contributed by atoms with Gasteiger partial charge in [-0.1, -0.05) is 24.3 Å². The maximum Gasteiger partial charge on any atom is 0.280 e. The highest BCUT2D eigenvalue weighted by Crippen LogP contribution is 2.21. The summed E-state index contributed by atoms with van der Waals surface area (Å²) in [5, 5.41) is 4.81. The number of aromatic amines is 1. The van der Waals surface area contributed by atoms with Crippen LogP contribution in [0.1, 0.15) is 11.1 Å². The molecule has 2 aromatic carbocycles. The van der Waals surface area contributed by atoms with E-state index in [4.69, 9.17) is 0 Å². The van der Waals surface area contributed by atoms with Crippen LogP contribution in [0, 0.1) is 13.8 Å². The summed E-state index contributed by atoms with van der Waals surface area (Å²) in [6, 6.07) is 13.9. The van der Waals surface area contributed by atoms with Crippen LogP contribution in [0.15, 0.2) is 53.5 Å². The molecule has 4 heteroatoms. The zero-order valence-electron chi connectivity index (χ0n) is 12.4. The van der Waals surface area contributed by atoms with Gasteiger partial charge in [0.2, 0.25) is 0 Å². The third-order valence-corrected chi connectivity index (χ3v) is 3.94. The molecule has 22 heavy (non-hydrogen) atoms. The van der Waals surface area contributed by atoms with Crippen molar-refractivity contribution in [2.24, 2.45) is 0 Å². The van der Waals surface area contributed by atoms with Crippen LogP contribution in [0.25, 0.3) is 27.5 Å². The second-order valence-corrected chi connectivity index (χ2v) is 5.66. The molecular formula is C18H15N3O. The van der Waals surface area contributed by atoms with Gasteiger partial charge in [-0.3, -0.25) is 14.9 Å². The van der Waals surface area contributed by atoms with Crippen molar-refractivity contribution in [3.63, 3.8) is 0 Å². The Morgan fingerprint density at radius 1 is 1.00 bits per heavy atom. The zero-order valence-corrected chi connectivity index (χ0v) is 12.4. The lowest BCUT2D eigenvalue weighted by molar-refractivity contribution is 0.863. The summed E-state index contributed by atoms with van der Waals surface area (Å²) < 4.78 is 1.58. The van der Waals surface area contributed by atoms with Crippen LogP contribution in [0.2, 0.25) is 0 Å². The van der Waals surface area contributed by atoms with Crippen molar-refractivity contribution in [1.82, 2.24) is 14.8 Å². The van der Waals surface area contributed by atoms with Gasteiger partial charge in [0.1, 0.15) is 0 Å². The van der Waals surface area contributed by atoms with Crippen LogP contribution in [-0.2, 0) is 0 Å². The topological polar surface area (TPSA) is 50.7 Å². The standard InChI is InChI=1S/C18H15N3O/c1-11-4-3-5-13(8-11)21-18(22)15-10-19-16-9-12(2)6-7-14(16)17(15)20-21/h3-10,20H,1-2H3. The van der Waals surface area contributed by atoms with Crippen molar-refractivity contribution in [3.8, 4) is 5.69 Å². The number of H-pyrrole nitrogens is 1. The van der Waals surface area contributed by atoms with E-state index in [0.717, 1.165) is 33.2 Å². The second-order valence-electron chi connectivity index (χ2n) is 5.66. The van der Waals surface area contributed by atoms with Crippen molar-refractivity contribution in [2.45, 2.75) is 13.8 Å². The van der Waals surface area contributed by atoms with E-state index in [1.807, 2.05) is 56.3 Å². The Morgan fingerprint density at radius 3 is 2.64 bits per heavy atom. The molecule has 0 aliphatic rings. The first-order chi connectivity index (χ1) is 10.6. The van der Waals surface area contributed by atoms with Crippen LogP contribution in [0.3, 0.4) is 0 Å². The Labute approximate surface area is 127 Å². The number of hydrogen-bond donors (Lipinski definition) is 1. The van der Waals surface area contributed by atoms with Gasteiger partial charge in [-0.05, 0) is 43.2 Å². The molecule has 0 bridgehead atoms. The number of nitrogens with one attached hydrogen (secondary N) is 1. The third-order valence-electron chi connectivity index (χ3n) is 3.94. The first-order valence-electron chi connectivity index (χ1n) is 7.20. The maximum absolute atomic E-state index is 12.6. The second kappa shape index (κ2) is 4.56. The number of fused-ring (bicyclic) bond motifs is 3. The van der Waals surface area contributed by atoms with Crippen molar-refractivity contribution < 1.29 is 0 Å². The Bertz CT molecular complexity index is 1070. The van der Waals surface area contributed by atoms with Gasteiger partial charge in [-0.2, -0.15) is 0 Å². The van der Waals surface area contributed by atoms with Gasteiger partial charge in [0.15, 0.2) is 0 Å². The fraction of sp³-hybridized carbons (Fsp3) is 0.111. The van der Waals surface area contributed by atoms with Gasteiger partial charge in [0.05, 0.1) is 22.1 Å². The smallest absolute Gasteiger partial charge is 0.280 e. The van der Waals surface area contributed by atoms with Gasteiger partial charge < -0.3 is 0 Å². The van der Waals surface area contributed by atoms with E-state index >= 15 is 0 Å². The first kappa shape index (κ1) is 12.8. The summed E-state index contributed by atoms with van der Waals surface area (Å²) in [5.41, 5.74) is 4.75. The molecule has 0 aliphatic heterocycles. The molecule has 0 radical (unpaired) electrons. The van der Waals surface area contributed by atoms with E-state index in [1.54, 1.807) is 10.9 Å². The average molecular weight is 289 g/mol. The Kier molecular flexibility index (Phi) is 2.66. The minimum absolute atomic E-state index is 0.0735. The number of rotatable bonds is 1. The lowest BCUT2D eigenvalue weighted by Gasteiger charge is -2.02. The van der Waals surface area contributed by atoms with E-state index in [9.17, 15) is 4.79 Å². The van der Waals surface area contributed by atoms with E-state index in [2.05, 4.69) is 10.1 Å². The zero-order chi connectivity index (χ0) is 15.3. The molecule has 0 saturated carbocycles. The van der Waals surface area contributed by atoms with Gasteiger partial charge in [-0.25, -0.2) is 4.68 Å². The summed E-state index contributed by atoms with van der Waals surface area (Å²) in [6.45, 7) is 4.04. The lowest BCUT2D eigenvalue weighted by atomic mass is 10.1. The van der Waals surface area contributed by atoms with E-state index in [1.165, 1.54) is 0 Å². The average Bonchev–Trinajstić information content (AvgIpc) is 2.84. The molecular weight excluding hydrogens is 274 g/mol. The Hall–Kier alpha value is -2.88. The minimum Gasteiger partial charge on any atom is -0.290 e. The molecule has 0 saturated heterocycles. The molecule has 0 amide bonds. The number of aryl methyl sites for hydroxylation is 2. The van der Waals surface area contributed by atoms with Crippen molar-refractivity contribution in [1.29, 1.82) is 0 Å². The molecule has 0 spiro atoms. The third kappa shape index (κ3) is 1.84. The fourth-order valence-corrected chi connectivity index (χ4v) is 2.82. The van der Waals surface area contributed by atoms with Crippen molar-refractivity contribution in [3.05, 3.63) is 70.1 Å². The molecule has 4 nitrogen and oxygen atoms in total. The SMILES string of the molecule is Cc1cccc(-n2[nH]c3c(cnc4cc(C)ccc43)c2=O)c1. The monoisotopic (exact) mass is 289 g/mol. The van der Waals surface area contributed by atoms with E-state index < -0.39 is 0 Å². The number of nitrogens with zero attached hydrogens (tertiary/aromatic N) is 2. The van der Waals surface area contributed by atoms with Crippen LogP contribution in [-0.4, -0.2) is 14.8 Å². The molecule has 0 aliphatic carbocycles. The first-order valence-corrected chi connectivity index (χ1v) is 7.20. The van der Waals surface area contributed by atoms with Crippen LogP contribution in [0.5, 0.6) is 0 Å². The molecule has 108 valence electrons. The lowest BCUT2D eigenvalue weighted by Crippen LogP contribution is -2.14. The van der Waals surface area contributed by atoms with E-state index in [-0.39, 0.29) is 5.56 Å². The summed E-state index contributed by atoms with van der Waals surface area (Å²) in [7, 11) is 0. The van der Waals surface area contributed by atoms with Gasteiger partial charge in [-0.15, -0.1) is 0 Å². The molecule has 1 N–H and O–H groups in total. The normalized spacial score (nSPS) is 11.4. The number of hydrogen-bond acceptors (Lipinski definition) is 2. The predicted molar refractivity (Wildman–Crippen MR) is 88.7 cm³/mol. The molecule has 0 unspecified atom stereocenters. The van der Waals surface area contributed by atoms with Crippen LogP contribution >= 0.6 is 0 Å². The highest BCUT2D eigenvalue weighted by Gasteiger charge is 2.11. The van der Waals surface area contributed by atoms with Gasteiger partial charge >= 0.3 is 0 Å². The maximum atomic E-state index is 12.6. The van der Waals surface area contributed by atoms with Gasteiger partial charge in [0.25, 0.3) is 5.56 Å². The summed E-state index contributed by atoms with van der Waals surface area (Å²) in [6.07, 6.45) is 1.65. The number of aromatic nitrogens is 3. The molecule has 0 fully saturated rings. The Morgan fingerprint density at radius 2 is 1.82 bits per heavy atom. The van der Waals surface area contributed by atoms with Crippen molar-refractivity contribution in [2.75, 3.05) is 0 Å². The van der Waals surface area contributed by atoms with Gasteiger partial charge in [0, 0.05) is 11.6 Å². The summed E-state index contributed by atoms with van der Waals surface area (Å²) in [4.78, 5) is 17.1. The number of benzene rings is 2. The predicted octanol–water partition coefficient (Wildman–Crippen LogP) is 3.48. The highest BCUT2D eigenvalue weighted by molar-refractivity contribution is 6.02. The fourth-order valence-electron chi connectivity index (χ4n) is 2.82. The summed E-state index contributed by atoms with van der Waals surface area (Å²) >= 11 is 0. The quantitative estimate of drug-likeness (QED) is 0.583. The minimum atomic E-state index is -0.0735. The molecule has 2 aromatic heterocycles. The van der Waals surface area contributed by atoms with Crippen LogP contribution < -0.4 is 5.56 Å².